The molecular formula is C16H17N3O3S. The molecule has 120 valence electrons. The fourth-order valence-corrected chi connectivity index (χ4v) is 3.81. The topological polar surface area (TPSA) is 88.2 Å². The lowest BCUT2D eigenvalue weighted by molar-refractivity contribution is -0.116. The number of aryl methyl sites for hydroxylation is 1. The summed E-state index contributed by atoms with van der Waals surface area (Å²) in [4.78, 5) is 15.6. The smallest absolute Gasteiger partial charge is 0.241 e. The van der Waals surface area contributed by atoms with Gasteiger partial charge in [0.2, 0.25) is 15.9 Å². The van der Waals surface area contributed by atoms with E-state index in [-0.39, 0.29) is 16.8 Å². The van der Waals surface area contributed by atoms with Gasteiger partial charge in [0.25, 0.3) is 0 Å². The first-order valence-corrected chi connectivity index (χ1v) is 8.79. The van der Waals surface area contributed by atoms with Gasteiger partial charge < -0.3 is 5.32 Å². The molecule has 2 heterocycles. The molecule has 7 heteroatoms. The number of anilines is 1. The molecule has 0 aliphatic carbocycles. The molecule has 3 rings (SSSR count). The lowest BCUT2D eigenvalue weighted by Gasteiger charge is -2.19. The van der Waals surface area contributed by atoms with Crippen molar-refractivity contribution in [2.45, 2.75) is 30.7 Å². The Balaban J connectivity index is 1.84. The summed E-state index contributed by atoms with van der Waals surface area (Å²) in [6, 6.07) is 7.96. The van der Waals surface area contributed by atoms with E-state index in [1.165, 1.54) is 6.07 Å². The van der Waals surface area contributed by atoms with Crippen LogP contribution < -0.4 is 10.0 Å². The van der Waals surface area contributed by atoms with Gasteiger partial charge in [0, 0.05) is 30.5 Å². The van der Waals surface area contributed by atoms with E-state index in [1.807, 2.05) is 6.07 Å². The van der Waals surface area contributed by atoms with Crippen LogP contribution in [0.4, 0.5) is 5.69 Å². The van der Waals surface area contributed by atoms with Crippen molar-refractivity contribution < 1.29 is 13.2 Å². The number of nitrogens with zero attached hydrogens (tertiary/aromatic N) is 1. The van der Waals surface area contributed by atoms with Crippen molar-refractivity contribution in [3.63, 3.8) is 0 Å². The molecule has 2 aromatic rings. The van der Waals surface area contributed by atoms with Crippen molar-refractivity contribution in [2.75, 3.05) is 5.32 Å². The molecule has 1 aliphatic heterocycles. The summed E-state index contributed by atoms with van der Waals surface area (Å²) >= 11 is 0. The van der Waals surface area contributed by atoms with E-state index < -0.39 is 10.0 Å². The largest absolute Gasteiger partial charge is 0.326 e. The number of pyridine rings is 1. The van der Waals surface area contributed by atoms with Gasteiger partial charge >= 0.3 is 0 Å². The summed E-state index contributed by atoms with van der Waals surface area (Å²) in [5, 5.41) is 2.74. The van der Waals surface area contributed by atoms with E-state index in [9.17, 15) is 13.2 Å². The van der Waals surface area contributed by atoms with Gasteiger partial charge in [-0.05, 0) is 48.7 Å². The first-order valence-electron chi connectivity index (χ1n) is 7.31. The van der Waals surface area contributed by atoms with E-state index in [4.69, 9.17) is 0 Å². The minimum atomic E-state index is -3.65. The number of rotatable bonds is 4. The summed E-state index contributed by atoms with van der Waals surface area (Å²) in [5.74, 6) is -0.0450. The quantitative estimate of drug-likeness (QED) is 0.897. The van der Waals surface area contributed by atoms with E-state index in [0.29, 0.717) is 18.5 Å². The SMILES string of the molecule is CC(NS(=O)(=O)c1ccc2c(c1)CCC(=O)N2)c1cccnc1. The number of sulfonamides is 1. The Bertz CT molecular complexity index is 835. The summed E-state index contributed by atoms with van der Waals surface area (Å²) in [5.41, 5.74) is 2.31. The molecule has 1 aliphatic rings. The highest BCUT2D eigenvalue weighted by atomic mass is 32.2. The Morgan fingerprint density at radius 2 is 2.09 bits per heavy atom. The second kappa shape index (κ2) is 6.10. The molecule has 2 N–H and O–H groups in total. The molecule has 0 fully saturated rings. The number of benzene rings is 1. The predicted molar refractivity (Wildman–Crippen MR) is 86.4 cm³/mol. The van der Waals surface area contributed by atoms with Crippen LogP contribution in [0.5, 0.6) is 0 Å². The predicted octanol–water partition coefficient (Wildman–Crippen LogP) is 2.01. The highest BCUT2D eigenvalue weighted by Crippen LogP contribution is 2.26. The maximum absolute atomic E-state index is 12.5. The van der Waals surface area contributed by atoms with Gasteiger partial charge in [-0.15, -0.1) is 0 Å². The Morgan fingerprint density at radius 3 is 2.83 bits per heavy atom. The fourth-order valence-electron chi connectivity index (χ4n) is 2.53. The third-order valence-electron chi connectivity index (χ3n) is 3.80. The normalized spacial score (nSPS) is 15.6. The van der Waals surface area contributed by atoms with Gasteiger partial charge in [0.1, 0.15) is 0 Å². The lowest BCUT2D eigenvalue weighted by atomic mass is 10.0. The van der Waals surface area contributed by atoms with Crippen LogP contribution in [0, 0.1) is 0 Å². The van der Waals surface area contributed by atoms with Crippen LogP contribution in [-0.4, -0.2) is 19.3 Å². The van der Waals surface area contributed by atoms with E-state index >= 15 is 0 Å². The van der Waals surface area contributed by atoms with Crippen LogP contribution in [0.3, 0.4) is 0 Å². The minimum absolute atomic E-state index is 0.0450. The van der Waals surface area contributed by atoms with Gasteiger partial charge in [0.05, 0.1) is 4.90 Å². The van der Waals surface area contributed by atoms with Crippen LogP contribution in [0.1, 0.15) is 30.5 Å². The maximum Gasteiger partial charge on any atom is 0.241 e. The monoisotopic (exact) mass is 331 g/mol. The first kappa shape index (κ1) is 15.6. The van der Waals surface area contributed by atoms with Gasteiger partial charge in [-0.3, -0.25) is 9.78 Å². The number of hydrogen-bond donors (Lipinski definition) is 2. The summed E-state index contributed by atoms with van der Waals surface area (Å²) in [7, 11) is -3.65. The van der Waals surface area contributed by atoms with E-state index in [2.05, 4.69) is 15.0 Å². The average Bonchev–Trinajstić information content (AvgIpc) is 2.54. The van der Waals surface area contributed by atoms with Crippen LogP contribution >= 0.6 is 0 Å². The van der Waals surface area contributed by atoms with Crippen LogP contribution in [0.15, 0.2) is 47.6 Å². The minimum Gasteiger partial charge on any atom is -0.326 e. The number of carbonyl (C=O) groups excluding carboxylic acids is 1. The number of hydrogen-bond acceptors (Lipinski definition) is 4. The van der Waals surface area contributed by atoms with E-state index in [0.717, 1.165) is 11.1 Å². The van der Waals surface area contributed by atoms with Gasteiger partial charge in [-0.2, -0.15) is 0 Å². The van der Waals surface area contributed by atoms with Crippen molar-refractivity contribution in [1.29, 1.82) is 0 Å². The summed E-state index contributed by atoms with van der Waals surface area (Å²) in [6.45, 7) is 1.77. The highest BCUT2D eigenvalue weighted by molar-refractivity contribution is 7.89. The second-order valence-corrected chi connectivity index (χ2v) is 7.21. The van der Waals surface area contributed by atoms with Crippen LogP contribution in [0.25, 0.3) is 0 Å². The number of amides is 1. The third kappa shape index (κ3) is 3.40. The number of carbonyl (C=O) groups is 1. The Morgan fingerprint density at radius 1 is 1.26 bits per heavy atom. The van der Waals surface area contributed by atoms with E-state index in [1.54, 1.807) is 37.5 Å². The van der Waals surface area contributed by atoms with Crippen LogP contribution in [-0.2, 0) is 21.2 Å². The van der Waals surface area contributed by atoms with Gasteiger partial charge in [-0.1, -0.05) is 6.07 Å². The third-order valence-corrected chi connectivity index (χ3v) is 5.34. The van der Waals surface area contributed by atoms with Crippen molar-refractivity contribution in [3.05, 3.63) is 53.9 Å². The van der Waals surface area contributed by atoms with Gasteiger partial charge in [-0.25, -0.2) is 13.1 Å². The zero-order valence-corrected chi connectivity index (χ0v) is 13.4. The summed E-state index contributed by atoms with van der Waals surface area (Å²) in [6.07, 6.45) is 4.19. The zero-order valence-electron chi connectivity index (χ0n) is 12.6. The number of aromatic nitrogens is 1. The van der Waals surface area contributed by atoms with Crippen LogP contribution in [0.2, 0.25) is 0 Å². The molecule has 1 aromatic carbocycles. The molecule has 0 radical (unpaired) electrons. The molecular weight excluding hydrogens is 314 g/mol. The highest BCUT2D eigenvalue weighted by Gasteiger charge is 2.22. The Hall–Kier alpha value is -2.25. The number of fused-ring (bicyclic) bond motifs is 1. The lowest BCUT2D eigenvalue weighted by Crippen LogP contribution is -2.27. The van der Waals surface area contributed by atoms with Gasteiger partial charge in [0.15, 0.2) is 0 Å². The van der Waals surface area contributed by atoms with Crippen molar-refractivity contribution in [2.24, 2.45) is 0 Å². The molecule has 1 aromatic heterocycles. The first-order chi connectivity index (χ1) is 11.0. The molecule has 0 spiro atoms. The Kier molecular flexibility index (Phi) is 4.14. The molecule has 1 unspecified atom stereocenters. The zero-order chi connectivity index (χ0) is 16.4. The molecule has 0 saturated heterocycles. The molecule has 1 amide bonds. The average molecular weight is 331 g/mol. The molecule has 0 saturated carbocycles. The van der Waals surface area contributed by atoms with Crippen molar-refractivity contribution in [1.82, 2.24) is 9.71 Å². The maximum atomic E-state index is 12.5. The van der Waals surface area contributed by atoms with Crippen molar-refractivity contribution >= 4 is 21.6 Å². The summed E-state index contributed by atoms with van der Waals surface area (Å²) < 4.78 is 27.7. The molecule has 1 atom stereocenters. The standard InChI is InChI=1S/C16H17N3O3S/c1-11(13-3-2-8-17-10-13)19-23(21,22)14-5-6-15-12(9-14)4-7-16(20)18-15/h2-3,5-6,8-11,19H,4,7H2,1H3,(H,18,20). The number of nitrogens with one attached hydrogen (secondary N) is 2. The fraction of sp³-hybridized carbons (Fsp3) is 0.250. The van der Waals surface area contributed by atoms with Crippen molar-refractivity contribution in [3.8, 4) is 0 Å². The molecule has 6 nitrogen and oxygen atoms in total. The Labute approximate surface area is 135 Å². The second-order valence-electron chi connectivity index (χ2n) is 5.50. The molecule has 0 bridgehead atoms. The molecule has 23 heavy (non-hydrogen) atoms.